The van der Waals surface area contributed by atoms with E-state index in [1.165, 1.54) is 0 Å². The van der Waals surface area contributed by atoms with Crippen molar-refractivity contribution in [3.05, 3.63) is 24.0 Å². The number of carbonyl (C=O) groups excluding carboxylic acids is 1. The Hall–Kier alpha value is -1.36. The molecule has 0 aliphatic rings. The Morgan fingerprint density at radius 3 is 3.00 bits per heavy atom. The first kappa shape index (κ1) is 10.7. The Morgan fingerprint density at radius 1 is 1.71 bits per heavy atom. The van der Waals surface area contributed by atoms with Crippen LogP contribution < -0.4 is 11.1 Å². The van der Waals surface area contributed by atoms with Crippen LogP contribution >= 0.6 is 12.2 Å². The summed E-state index contributed by atoms with van der Waals surface area (Å²) in [5.41, 5.74) is 6.20. The number of thiocarbonyl (C=S) groups is 1. The highest BCUT2D eigenvalue weighted by Gasteiger charge is 2.06. The van der Waals surface area contributed by atoms with Crippen molar-refractivity contribution in [3.8, 4) is 0 Å². The fourth-order valence-electron chi connectivity index (χ4n) is 1.18. The Balaban J connectivity index is 2.71. The fourth-order valence-corrected chi connectivity index (χ4v) is 1.37. The zero-order valence-electron chi connectivity index (χ0n) is 7.99. The van der Waals surface area contributed by atoms with Gasteiger partial charge in [-0.25, -0.2) is 0 Å². The number of nitrogens with one attached hydrogen (secondary N) is 1. The highest BCUT2D eigenvalue weighted by molar-refractivity contribution is 7.80. The summed E-state index contributed by atoms with van der Waals surface area (Å²) < 4.78 is 1.73. The van der Waals surface area contributed by atoms with Gasteiger partial charge in [-0.2, -0.15) is 0 Å². The number of rotatable bonds is 4. The lowest BCUT2D eigenvalue weighted by Gasteiger charge is -2.07. The lowest BCUT2D eigenvalue weighted by Crippen LogP contribution is -2.28. The highest BCUT2D eigenvalue weighted by atomic mass is 32.1. The molecular formula is C9H13N3OS. The molecule has 0 bridgehead atoms. The van der Waals surface area contributed by atoms with Crippen LogP contribution in [0.5, 0.6) is 0 Å². The van der Waals surface area contributed by atoms with Gasteiger partial charge in [-0.3, -0.25) is 4.79 Å². The van der Waals surface area contributed by atoms with Crippen LogP contribution in [0.3, 0.4) is 0 Å². The van der Waals surface area contributed by atoms with Gasteiger partial charge in [0.25, 0.3) is 0 Å². The number of nitrogens with two attached hydrogens (primary N) is 1. The molecule has 1 amide bonds. The van der Waals surface area contributed by atoms with Crippen LogP contribution in [0.4, 0.5) is 0 Å². The Morgan fingerprint density at radius 2 is 2.43 bits per heavy atom. The molecule has 14 heavy (non-hydrogen) atoms. The molecule has 76 valence electrons. The van der Waals surface area contributed by atoms with Crippen LogP contribution in [-0.4, -0.2) is 22.0 Å². The summed E-state index contributed by atoms with van der Waals surface area (Å²) in [6.45, 7) is 2.76. The molecule has 1 heterocycles. The van der Waals surface area contributed by atoms with E-state index in [4.69, 9.17) is 18.0 Å². The molecule has 1 aromatic rings. The van der Waals surface area contributed by atoms with E-state index in [0.29, 0.717) is 17.2 Å². The SMILES string of the molecule is CCNC(=O)Cn1cccc1C(N)=S. The van der Waals surface area contributed by atoms with Gasteiger partial charge in [0, 0.05) is 12.7 Å². The van der Waals surface area contributed by atoms with Crippen molar-refractivity contribution in [1.82, 2.24) is 9.88 Å². The summed E-state index contributed by atoms with van der Waals surface area (Å²) in [4.78, 5) is 11.6. The molecule has 0 atom stereocenters. The number of hydrogen-bond acceptors (Lipinski definition) is 2. The van der Waals surface area contributed by atoms with Gasteiger partial charge in [0.2, 0.25) is 5.91 Å². The quantitative estimate of drug-likeness (QED) is 0.702. The summed E-state index contributed by atoms with van der Waals surface area (Å²) in [6.07, 6.45) is 1.78. The van der Waals surface area contributed by atoms with Crippen molar-refractivity contribution in [2.24, 2.45) is 5.73 Å². The van der Waals surface area contributed by atoms with Crippen molar-refractivity contribution in [2.75, 3.05) is 6.54 Å². The monoisotopic (exact) mass is 211 g/mol. The Kier molecular flexibility index (Phi) is 3.64. The van der Waals surface area contributed by atoms with Gasteiger partial charge in [-0.15, -0.1) is 0 Å². The van der Waals surface area contributed by atoms with Gasteiger partial charge < -0.3 is 15.6 Å². The first-order valence-electron chi connectivity index (χ1n) is 4.36. The minimum atomic E-state index is -0.0406. The van der Waals surface area contributed by atoms with Crippen molar-refractivity contribution < 1.29 is 4.79 Å². The molecular weight excluding hydrogens is 198 g/mol. The van der Waals surface area contributed by atoms with Crippen LogP contribution in [0.1, 0.15) is 12.6 Å². The van der Waals surface area contributed by atoms with E-state index < -0.39 is 0 Å². The number of nitrogens with zero attached hydrogens (tertiary/aromatic N) is 1. The van der Waals surface area contributed by atoms with Crippen molar-refractivity contribution >= 4 is 23.1 Å². The van der Waals surface area contributed by atoms with Gasteiger partial charge in [0.15, 0.2) is 0 Å². The maximum Gasteiger partial charge on any atom is 0.239 e. The number of aromatic nitrogens is 1. The van der Waals surface area contributed by atoms with Gasteiger partial charge in [-0.05, 0) is 19.1 Å². The first-order chi connectivity index (χ1) is 6.65. The zero-order chi connectivity index (χ0) is 10.6. The Bertz CT molecular complexity index is 346. The first-order valence-corrected chi connectivity index (χ1v) is 4.77. The molecule has 0 saturated heterocycles. The van der Waals surface area contributed by atoms with E-state index in [1.807, 2.05) is 13.0 Å². The second-order valence-electron chi connectivity index (χ2n) is 2.84. The highest BCUT2D eigenvalue weighted by Crippen LogP contribution is 2.01. The second-order valence-corrected chi connectivity index (χ2v) is 3.28. The third-order valence-corrected chi connectivity index (χ3v) is 1.98. The third-order valence-electron chi connectivity index (χ3n) is 1.77. The molecule has 1 rings (SSSR count). The lowest BCUT2D eigenvalue weighted by molar-refractivity contribution is -0.121. The number of hydrogen-bond donors (Lipinski definition) is 2. The average Bonchev–Trinajstić information content (AvgIpc) is 2.52. The topological polar surface area (TPSA) is 60.0 Å². The van der Waals surface area contributed by atoms with Gasteiger partial charge in [0.1, 0.15) is 11.5 Å². The smallest absolute Gasteiger partial charge is 0.239 e. The summed E-state index contributed by atoms with van der Waals surface area (Å²) in [5.74, 6) is -0.0406. The van der Waals surface area contributed by atoms with Gasteiger partial charge in [-0.1, -0.05) is 12.2 Å². The van der Waals surface area contributed by atoms with Crippen LogP contribution in [-0.2, 0) is 11.3 Å². The summed E-state index contributed by atoms with van der Waals surface area (Å²) in [5, 5.41) is 2.71. The standard InChI is InChI=1S/C9H13N3OS/c1-2-11-8(13)6-12-5-3-4-7(12)9(10)14/h3-5H,2,6H2,1H3,(H2,10,14)(H,11,13). The molecule has 0 aliphatic carbocycles. The molecule has 0 saturated carbocycles. The summed E-state index contributed by atoms with van der Waals surface area (Å²) in [7, 11) is 0. The zero-order valence-corrected chi connectivity index (χ0v) is 8.80. The van der Waals surface area contributed by atoms with E-state index in [9.17, 15) is 4.79 Å². The predicted octanol–water partition coefficient (Wildman–Crippen LogP) is 0.258. The molecule has 5 heteroatoms. The fraction of sp³-hybridized carbons (Fsp3) is 0.333. The summed E-state index contributed by atoms with van der Waals surface area (Å²) in [6, 6.07) is 3.61. The van der Waals surface area contributed by atoms with Crippen molar-refractivity contribution in [1.29, 1.82) is 0 Å². The maximum absolute atomic E-state index is 11.3. The minimum Gasteiger partial charge on any atom is -0.388 e. The molecule has 0 spiro atoms. The molecule has 3 N–H and O–H groups in total. The van der Waals surface area contributed by atoms with Crippen molar-refractivity contribution in [3.63, 3.8) is 0 Å². The van der Waals surface area contributed by atoms with Crippen LogP contribution in [0.15, 0.2) is 18.3 Å². The molecule has 0 fully saturated rings. The molecule has 4 nitrogen and oxygen atoms in total. The largest absolute Gasteiger partial charge is 0.388 e. The third kappa shape index (κ3) is 2.56. The number of carbonyl (C=O) groups is 1. The van der Waals surface area contributed by atoms with Gasteiger partial charge >= 0.3 is 0 Å². The lowest BCUT2D eigenvalue weighted by atomic mass is 10.4. The van der Waals surface area contributed by atoms with Crippen LogP contribution in [0.25, 0.3) is 0 Å². The van der Waals surface area contributed by atoms with E-state index in [0.717, 1.165) is 0 Å². The van der Waals surface area contributed by atoms with Gasteiger partial charge in [0.05, 0.1) is 5.69 Å². The van der Waals surface area contributed by atoms with E-state index in [1.54, 1.807) is 16.8 Å². The average molecular weight is 211 g/mol. The van der Waals surface area contributed by atoms with E-state index in [-0.39, 0.29) is 12.5 Å². The maximum atomic E-state index is 11.3. The van der Waals surface area contributed by atoms with E-state index in [2.05, 4.69) is 5.32 Å². The molecule has 0 radical (unpaired) electrons. The predicted molar refractivity (Wildman–Crippen MR) is 59.0 cm³/mol. The van der Waals surface area contributed by atoms with Crippen LogP contribution in [0.2, 0.25) is 0 Å². The molecule has 1 aromatic heterocycles. The molecule has 0 aliphatic heterocycles. The number of likely N-dealkylation sites (N-methyl/N-ethyl adjacent to an activating group) is 1. The van der Waals surface area contributed by atoms with Crippen molar-refractivity contribution in [2.45, 2.75) is 13.5 Å². The molecule has 0 aromatic carbocycles. The normalized spacial score (nSPS) is 9.79. The molecule has 0 unspecified atom stereocenters. The Labute approximate surface area is 88.1 Å². The summed E-state index contributed by atoms with van der Waals surface area (Å²) >= 11 is 4.85. The number of amides is 1. The van der Waals surface area contributed by atoms with E-state index >= 15 is 0 Å². The minimum absolute atomic E-state index is 0.0406. The van der Waals surface area contributed by atoms with Crippen LogP contribution in [0, 0.1) is 0 Å². The second kappa shape index (κ2) is 4.76.